The number of hydrogen-bond acceptors (Lipinski definition) is 4. The Hall–Kier alpha value is -0.810. The summed E-state index contributed by atoms with van der Waals surface area (Å²) in [6.45, 7) is 6.14. The van der Waals surface area contributed by atoms with Crippen LogP contribution in [0.4, 0.5) is 0 Å². The van der Waals surface area contributed by atoms with Crippen LogP contribution in [-0.2, 0) is 4.74 Å². The van der Waals surface area contributed by atoms with Crippen molar-refractivity contribution in [3.63, 3.8) is 0 Å². The van der Waals surface area contributed by atoms with E-state index in [2.05, 4.69) is 17.0 Å². The summed E-state index contributed by atoms with van der Waals surface area (Å²) in [7, 11) is 0. The van der Waals surface area contributed by atoms with Crippen LogP contribution in [0.15, 0.2) is 5.16 Å². The number of nitrogens with zero attached hydrogens (tertiary/aromatic N) is 2. The fourth-order valence-electron chi connectivity index (χ4n) is 2.69. The Morgan fingerprint density at radius 2 is 2.35 bits per heavy atom. The van der Waals surface area contributed by atoms with Gasteiger partial charge < -0.3 is 20.6 Å². The third kappa shape index (κ3) is 3.57. The summed E-state index contributed by atoms with van der Waals surface area (Å²) in [6, 6.07) is 0. The standard InChI is InChI=1S/C12H23N3O2/c1-10-8-15(5-2-6-17-10)9-12(3-4-12)7-11(13)14-16/h10,16H,2-9H2,1H3,(H2,13,14). The van der Waals surface area contributed by atoms with E-state index >= 15 is 0 Å². The normalized spacial score (nSPS) is 29.9. The van der Waals surface area contributed by atoms with E-state index in [0.717, 1.165) is 39.1 Å². The van der Waals surface area contributed by atoms with Crippen molar-refractivity contribution < 1.29 is 9.94 Å². The lowest BCUT2D eigenvalue weighted by Gasteiger charge is -2.26. The molecule has 2 fully saturated rings. The molecule has 1 atom stereocenters. The molecule has 98 valence electrons. The van der Waals surface area contributed by atoms with Crippen molar-refractivity contribution >= 4 is 5.84 Å². The number of ether oxygens (including phenoxy) is 1. The maximum absolute atomic E-state index is 8.65. The molecule has 1 saturated heterocycles. The van der Waals surface area contributed by atoms with E-state index in [0.29, 0.717) is 11.9 Å². The topological polar surface area (TPSA) is 71.1 Å². The van der Waals surface area contributed by atoms with Gasteiger partial charge in [-0.1, -0.05) is 5.16 Å². The molecule has 2 rings (SSSR count). The fraction of sp³-hybridized carbons (Fsp3) is 0.917. The minimum Gasteiger partial charge on any atom is -0.409 e. The molecular formula is C12H23N3O2. The van der Waals surface area contributed by atoms with Gasteiger partial charge in [0, 0.05) is 32.7 Å². The van der Waals surface area contributed by atoms with Gasteiger partial charge >= 0.3 is 0 Å². The van der Waals surface area contributed by atoms with Crippen LogP contribution in [-0.4, -0.2) is 48.3 Å². The highest BCUT2D eigenvalue weighted by atomic mass is 16.5. The third-order valence-corrected chi connectivity index (χ3v) is 3.74. The first-order chi connectivity index (χ1) is 8.13. The van der Waals surface area contributed by atoms with Gasteiger partial charge in [0.2, 0.25) is 0 Å². The molecule has 5 heteroatoms. The summed E-state index contributed by atoms with van der Waals surface area (Å²) in [4.78, 5) is 2.47. The number of nitrogens with two attached hydrogens (primary N) is 1. The average molecular weight is 241 g/mol. The Morgan fingerprint density at radius 1 is 1.59 bits per heavy atom. The number of amidine groups is 1. The summed E-state index contributed by atoms with van der Waals surface area (Å²) in [6.07, 6.45) is 4.51. The van der Waals surface area contributed by atoms with Gasteiger partial charge in [-0.05, 0) is 31.6 Å². The molecule has 1 aliphatic carbocycles. The highest BCUT2D eigenvalue weighted by Gasteiger charge is 2.44. The Kier molecular flexibility index (Phi) is 3.89. The average Bonchev–Trinajstić information content (AvgIpc) is 3.05. The Balaban J connectivity index is 1.86. The first-order valence-corrected chi connectivity index (χ1v) is 6.44. The maximum Gasteiger partial charge on any atom is 0.139 e. The van der Waals surface area contributed by atoms with Crippen molar-refractivity contribution in [1.82, 2.24) is 4.90 Å². The third-order valence-electron chi connectivity index (χ3n) is 3.74. The molecule has 0 bridgehead atoms. The van der Waals surface area contributed by atoms with Gasteiger partial charge in [-0.15, -0.1) is 0 Å². The van der Waals surface area contributed by atoms with E-state index in [1.165, 1.54) is 12.8 Å². The first kappa shape index (κ1) is 12.6. The summed E-state index contributed by atoms with van der Waals surface area (Å²) in [5.41, 5.74) is 5.88. The van der Waals surface area contributed by atoms with Gasteiger partial charge in [-0.25, -0.2) is 0 Å². The van der Waals surface area contributed by atoms with Gasteiger partial charge in [0.1, 0.15) is 5.84 Å². The van der Waals surface area contributed by atoms with Crippen molar-refractivity contribution in [2.24, 2.45) is 16.3 Å². The minimum absolute atomic E-state index is 0.264. The maximum atomic E-state index is 8.65. The predicted molar refractivity (Wildman–Crippen MR) is 66.2 cm³/mol. The second kappa shape index (κ2) is 5.23. The molecule has 3 N–H and O–H groups in total. The first-order valence-electron chi connectivity index (χ1n) is 6.44. The Bertz CT molecular complexity index is 289. The molecule has 1 heterocycles. The van der Waals surface area contributed by atoms with E-state index in [4.69, 9.17) is 15.7 Å². The summed E-state index contributed by atoms with van der Waals surface area (Å²) < 4.78 is 5.64. The SMILES string of the molecule is CC1CN(CC2(CC(N)=NO)CC2)CCCO1. The van der Waals surface area contributed by atoms with E-state index in [-0.39, 0.29) is 5.41 Å². The van der Waals surface area contributed by atoms with Crippen LogP contribution >= 0.6 is 0 Å². The second-order valence-corrected chi connectivity index (χ2v) is 5.54. The van der Waals surface area contributed by atoms with Gasteiger partial charge in [-0.2, -0.15) is 0 Å². The van der Waals surface area contributed by atoms with Crippen molar-refractivity contribution in [2.75, 3.05) is 26.2 Å². The molecule has 0 aromatic rings. The van der Waals surface area contributed by atoms with Gasteiger partial charge in [0.05, 0.1) is 6.10 Å². The quantitative estimate of drug-likeness (QED) is 0.333. The van der Waals surface area contributed by atoms with Crippen LogP contribution < -0.4 is 5.73 Å². The lowest BCUT2D eigenvalue weighted by Crippen LogP contribution is -2.36. The van der Waals surface area contributed by atoms with Crippen molar-refractivity contribution in [2.45, 2.75) is 38.7 Å². The molecule has 5 nitrogen and oxygen atoms in total. The molecular weight excluding hydrogens is 218 g/mol. The van der Waals surface area contributed by atoms with Crippen LogP contribution in [0.25, 0.3) is 0 Å². The summed E-state index contributed by atoms with van der Waals surface area (Å²) in [5.74, 6) is 0.363. The van der Waals surface area contributed by atoms with E-state index in [1.807, 2.05) is 0 Å². The van der Waals surface area contributed by atoms with E-state index in [9.17, 15) is 0 Å². The molecule has 1 saturated carbocycles. The highest BCUT2D eigenvalue weighted by Crippen LogP contribution is 2.49. The van der Waals surface area contributed by atoms with Crippen molar-refractivity contribution in [3.05, 3.63) is 0 Å². The molecule has 1 aliphatic heterocycles. The zero-order valence-corrected chi connectivity index (χ0v) is 10.6. The largest absolute Gasteiger partial charge is 0.409 e. The monoisotopic (exact) mass is 241 g/mol. The molecule has 0 aromatic carbocycles. The van der Waals surface area contributed by atoms with E-state index in [1.54, 1.807) is 0 Å². The smallest absolute Gasteiger partial charge is 0.139 e. The Labute approximate surface area is 103 Å². The highest BCUT2D eigenvalue weighted by molar-refractivity contribution is 5.80. The van der Waals surface area contributed by atoms with E-state index < -0.39 is 0 Å². The molecule has 17 heavy (non-hydrogen) atoms. The van der Waals surface area contributed by atoms with Crippen LogP contribution in [0, 0.1) is 5.41 Å². The van der Waals surface area contributed by atoms with Gasteiger partial charge in [-0.3, -0.25) is 0 Å². The van der Waals surface area contributed by atoms with Gasteiger partial charge in [0.25, 0.3) is 0 Å². The molecule has 1 unspecified atom stereocenters. The number of hydrogen-bond donors (Lipinski definition) is 2. The van der Waals surface area contributed by atoms with Gasteiger partial charge in [0.15, 0.2) is 0 Å². The number of rotatable bonds is 4. The second-order valence-electron chi connectivity index (χ2n) is 5.54. The Morgan fingerprint density at radius 3 is 3.00 bits per heavy atom. The minimum atomic E-state index is 0.264. The molecule has 0 amide bonds. The summed E-state index contributed by atoms with van der Waals surface area (Å²) >= 11 is 0. The van der Waals surface area contributed by atoms with Crippen molar-refractivity contribution in [1.29, 1.82) is 0 Å². The molecule has 0 radical (unpaired) electrons. The van der Waals surface area contributed by atoms with Crippen LogP contribution in [0.2, 0.25) is 0 Å². The fourth-order valence-corrected chi connectivity index (χ4v) is 2.69. The predicted octanol–water partition coefficient (Wildman–Crippen LogP) is 1.01. The molecule has 0 aromatic heterocycles. The zero-order chi connectivity index (χ0) is 12.3. The number of oxime groups is 1. The zero-order valence-electron chi connectivity index (χ0n) is 10.6. The van der Waals surface area contributed by atoms with Crippen LogP contribution in [0.3, 0.4) is 0 Å². The molecule has 0 spiro atoms. The van der Waals surface area contributed by atoms with Crippen molar-refractivity contribution in [3.8, 4) is 0 Å². The lowest BCUT2D eigenvalue weighted by atomic mass is 10.0. The summed E-state index contributed by atoms with van der Waals surface area (Å²) in [5, 5.41) is 11.7. The molecule has 2 aliphatic rings. The lowest BCUT2D eigenvalue weighted by molar-refractivity contribution is 0.0649. The van der Waals surface area contributed by atoms with Crippen LogP contribution in [0.1, 0.15) is 32.6 Å². The van der Waals surface area contributed by atoms with Crippen LogP contribution in [0.5, 0.6) is 0 Å².